The third-order valence-electron chi connectivity index (χ3n) is 3.35. The number of rotatable bonds is 7. The van der Waals surface area contributed by atoms with Gasteiger partial charge in [-0.05, 0) is 25.3 Å². The SMILES string of the molecule is C[B]c1ccc(CCC(C)(COC(C)=O)NC(C)=O)cc1. The van der Waals surface area contributed by atoms with E-state index in [9.17, 15) is 9.59 Å². The van der Waals surface area contributed by atoms with E-state index in [1.54, 1.807) is 0 Å². The van der Waals surface area contributed by atoms with Gasteiger partial charge in [-0.1, -0.05) is 36.6 Å². The molecule has 21 heavy (non-hydrogen) atoms. The molecule has 1 radical (unpaired) electrons. The van der Waals surface area contributed by atoms with Crippen LogP contribution in [0.2, 0.25) is 6.82 Å². The molecule has 0 heterocycles. The van der Waals surface area contributed by atoms with Crippen molar-refractivity contribution in [2.45, 2.75) is 46.0 Å². The average Bonchev–Trinajstić information content (AvgIpc) is 2.43. The molecule has 0 bridgehead atoms. The van der Waals surface area contributed by atoms with Crippen LogP contribution in [-0.4, -0.2) is 31.3 Å². The van der Waals surface area contributed by atoms with Crippen LogP contribution in [0.25, 0.3) is 0 Å². The van der Waals surface area contributed by atoms with Gasteiger partial charge in [-0.3, -0.25) is 9.59 Å². The van der Waals surface area contributed by atoms with E-state index in [1.807, 2.05) is 21.0 Å². The predicted octanol–water partition coefficient (Wildman–Crippen LogP) is 1.45. The van der Waals surface area contributed by atoms with Gasteiger partial charge in [-0.2, -0.15) is 0 Å². The molecule has 1 aromatic carbocycles. The Morgan fingerprint density at radius 2 is 1.86 bits per heavy atom. The Labute approximate surface area is 127 Å². The molecule has 0 spiro atoms. The number of aryl methyl sites for hydroxylation is 1. The lowest BCUT2D eigenvalue weighted by molar-refractivity contribution is -0.144. The van der Waals surface area contributed by atoms with Gasteiger partial charge in [0.1, 0.15) is 13.9 Å². The second-order valence-corrected chi connectivity index (χ2v) is 5.55. The average molecular weight is 288 g/mol. The van der Waals surface area contributed by atoms with Crippen molar-refractivity contribution in [3.63, 3.8) is 0 Å². The molecule has 0 aliphatic carbocycles. The summed E-state index contributed by atoms with van der Waals surface area (Å²) in [6.45, 7) is 6.92. The molecule has 0 saturated heterocycles. The highest BCUT2D eigenvalue weighted by molar-refractivity contribution is 6.51. The third-order valence-corrected chi connectivity index (χ3v) is 3.35. The second-order valence-electron chi connectivity index (χ2n) is 5.55. The van der Waals surface area contributed by atoms with Crippen LogP contribution in [0.15, 0.2) is 24.3 Å². The molecule has 1 atom stereocenters. The Morgan fingerprint density at radius 1 is 1.24 bits per heavy atom. The molecule has 0 fully saturated rings. The van der Waals surface area contributed by atoms with E-state index in [-0.39, 0.29) is 18.5 Å². The summed E-state index contributed by atoms with van der Waals surface area (Å²) in [7, 11) is 2.05. The Bertz CT molecular complexity index is 487. The molecule has 5 heteroatoms. The molecule has 0 aliphatic heterocycles. The normalized spacial score (nSPS) is 13.1. The largest absolute Gasteiger partial charge is 0.463 e. The molecule has 1 unspecified atom stereocenters. The van der Waals surface area contributed by atoms with Crippen LogP contribution in [0.1, 0.15) is 32.8 Å². The van der Waals surface area contributed by atoms with Crippen LogP contribution in [0.3, 0.4) is 0 Å². The quantitative estimate of drug-likeness (QED) is 0.610. The highest BCUT2D eigenvalue weighted by Crippen LogP contribution is 2.15. The van der Waals surface area contributed by atoms with Gasteiger partial charge in [0.25, 0.3) is 0 Å². The van der Waals surface area contributed by atoms with E-state index in [4.69, 9.17) is 4.74 Å². The molecule has 4 nitrogen and oxygen atoms in total. The van der Waals surface area contributed by atoms with Crippen molar-refractivity contribution in [1.29, 1.82) is 0 Å². The highest BCUT2D eigenvalue weighted by Gasteiger charge is 2.26. The molecule has 1 amide bonds. The maximum Gasteiger partial charge on any atom is 0.302 e. The molecular formula is C16H23BNO3. The summed E-state index contributed by atoms with van der Waals surface area (Å²) >= 11 is 0. The standard InChI is InChI=1S/C16H23BNO3/c1-12(19)18-16(3,11-21-13(2)20)10-9-14-5-7-15(17-4)8-6-14/h5-8H,9-11H2,1-4H3,(H,18,19). The van der Waals surface area contributed by atoms with Crippen LogP contribution in [0.4, 0.5) is 0 Å². The number of nitrogens with one attached hydrogen (secondary N) is 1. The van der Waals surface area contributed by atoms with Gasteiger partial charge in [0.15, 0.2) is 0 Å². The predicted molar refractivity (Wildman–Crippen MR) is 84.9 cm³/mol. The minimum Gasteiger partial charge on any atom is -0.463 e. The fourth-order valence-electron chi connectivity index (χ4n) is 2.15. The van der Waals surface area contributed by atoms with E-state index in [0.29, 0.717) is 6.42 Å². The lowest BCUT2D eigenvalue weighted by atomic mass is 9.73. The lowest BCUT2D eigenvalue weighted by Gasteiger charge is -2.30. The van der Waals surface area contributed by atoms with Gasteiger partial charge in [0, 0.05) is 13.8 Å². The molecule has 1 aromatic rings. The highest BCUT2D eigenvalue weighted by atomic mass is 16.5. The number of carbonyl (C=O) groups is 2. The summed E-state index contributed by atoms with van der Waals surface area (Å²) in [5.41, 5.74) is 1.83. The Kier molecular flexibility index (Phi) is 6.47. The smallest absolute Gasteiger partial charge is 0.302 e. The summed E-state index contributed by atoms with van der Waals surface area (Å²) in [4.78, 5) is 22.3. The molecule has 1 rings (SSSR count). The van der Waals surface area contributed by atoms with Crippen molar-refractivity contribution in [3.8, 4) is 0 Å². The minimum absolute atomic E-state index is 0.124. The Hall–Kier alpha value is -1.78. The molecule has 0 saturated carbocycles. The molecule has 1 N–H and O–H groups in total. The monoisotopic (exact) mass is 288 g/mol. The maximum absolute atomic E-state index is 11.3. The molecule has 0 aliphatic rings. The second kappa shape index (κ2) is 7.86. The minimum atomic E-state index is -0.549. The van der Waals surface area contributed by atoms with Crippen LogP contribution in [-0.2, 0) is 20.7 Å². The van der Waals surface area contributed by atoms with Gasteiger partial charge < -0.3 is 10.1 Å². The topological polar surface area (TPSA) is 55.4 Å². The fraction of sp³-hybridized carbons (Fsp3) is 0.500. The number of hydrogen-bond acceptors (Lipinski definition) is 3. The maximum atomic E-state index is 11.3. The van der Waals surface area contributed by atoms with E-state index < -0.39 is 5.54 Å². The third kappa shape index (κ3) is 6.47. The fourth-order valence-corrected chi connectivity index (χ4v) is 2.15. The van der Waals surface area contributed by atoms with Crippen LogP contribution >= 0.6 is 0 Å². The zero-order valence-electron chi connectivity index (χ0n) is 13.2. The van der Waals surface area contributed by atoms with Crippen LogP contribution in [0.5, 0.6) is 0 Å². The van der Waals surface area contributed by atoms with Gasteiger partial charge in [-0.15, -0.1) is 0 Å². The number of esters is 1. The van der Waals surface area contributed by atoms with Crippen molar-refractivity contribution in [1.82, 2.24) is 5.32 Å². The summed E-state index contributed by atoms with van der Waals surface area (Å²) in [6.07, 6.45) is 1.51. The van der Waals surface area contributed by atoms with Gasteiger partial charge in [0.2, 0.25) is 5.91 Å². The summed E-state index contributed by atoms with van der Waals surface area (Å²) < 4.78 is 5.07. The Morgan fingerprint density at radius 3 is 2.33 bits per heavy atom. The zero-order chi connectivity index (χ0) is 15.9. The number of hydrogen-bond donors (Lipinski definition) is 1. The van der Waals surface area contributed by atoms with Gasteiger partial charge >= 0.3 is 5.97 Å². The first-order chi connectivity index (χ1) is 9.84. The van der Waals surface area contributed by atoms with Crippen molar-refractivity contribution in [3.05, 3.63) is 29.8 Å². The summed E-state index contributed by atoms with van der Waals surface area (Å²) in [6, 6.07) is 8.29. The lowest BCUT2D eigenvalue weighted by Crippen LogP contribution is -2.49. The molecule has 113 valence electrons. The number of amides is 1. The molecular weight excluding hydrogens is 265 g/mol. The number of carbonyl (C=O) groups excluding carboxylic acids is 2. The number of benzene rings is 1. The summed E-state index contributed by atoms with van der Waals surface area (Å²) in [5, 5.41) is 2.88. The number of ether oxygens (including phenoxy) is 1. The first kappa shape index (κ1) is 17.3. The molecule has 0 aromatic heterocycles. The van der Waals surface area contributed by atoms with E-state index in [1.165, 1.54) is 24.9 Å². The zero-order valence-corrected chi connectivity index (χ0v) is 13.2. The van der Waals surface area contributed by atoms with Gasteiger partial charge in [-0.25, -0.2) is 0 Å². The van der Waals surface area contributed by atoms with Crippen molar-refractivity contribution in [2.24, 2.45) is 0 Å². The van der Waals surface area contributed by atoms with Crippen molar-refractivity contribution < 1.29 is 14.3 Å². The van der Waals surface area contributed by atoms with Crippen LogP contribution in [0, 0.1) is 0 Å². The van der Waals surface area contributed by atoms with Crippen LogP contribution < -0.4 is 10.8 Å². The van der Waals surface area contributed by atoms with E-state index in [0.717, 1.165) is 6.42 Å². The van der Waals surface area contributed by atoms with Gasteiger partial charge in [0.05, 0.1) is 5.54 Å². The van der Waals surface area contributed by atoms with Crippen molar-refractivity contribution >= 4 is 24.6 Å². The summed E-state index contributed by atoms with van der Waals surface area (Å²) in [5.74, 6) is -0.463. The van der Waals surface area contributed by atoms with E-state index in [2.05, 4.69) is 29.6 Å². The first-order valence-corrected chi connectivity index (χ1v) is 7.15. The van der Waals surface area contributed by atoms with Crippen molar-refractivity contribution in [2.75, 3.05) is 6.61 Å². The first-order valence-electron chi connectivity index (χ1n) is 7.15. The Balaban J connectivity index is 2.66. The van der Waals surface area contributed by atoms with E-state index >= 15 is 0 Å².